The van der Waals surface area contributed by atoms with E-state index in [0.29, 0.717) is 6.10 Å². The molecule has 0 aromatic carbocycles. The number of hydrogen-bond acceptors (Lipinski definition) is 1. The molecular formula is C12H18O. The van der Waals surface area contributed by atoms with Crippen LogP contribution in [0.15, 0.2) is 11.6 Å². The van der Waals surface area contributed by atoms with Crippen LogP contribution < -0.4 is 0 Å². The summed E-state index contributed by atoms with van der Waals surface area (Å²) in [5, 5.41) is 0. The van der Waals surface area contributed by atoms with Crippen LogP contribution in [0.3, 0.4) is 0 Å². The van der Waals surface area contributed by atoms with Gasteiger partial charge < -0.3 is 4.74 Å². The van der Waals surface area contributed by atoms with Crippen molar-refractivity contribution in [1.29, 1.82) is 0 Å². The highest BCUT2D eigenvalue weighted by molar-refractivity contribution is 5.20. The fourth-order valence-electron chi connectivity index (χ4n) is 3.58. The molecule has 3 rings (SSSR count). The molecule has 3 aliphatic rings. The highest BCUT2D eigenvalue weighted by Gasteiger charge is 2.48. The van der Waals surface area contributed by atoms with Crippen LogP contribution in [0.25, 0.3) is 0 Å². The molecule has 1 saturated carbocycles. The van der Waals surface area contributed by atoms with E-state index in [2.05, 4.69) is 13.0 Å². The smallest absolute Gasteiger partial charge is 0.0896 e. The van der Waals surface area contributed by atoms with Gasteiger partial charge in [0.15, 0.2) is 0 Å². The minimum absolute atomic E-state index is 0.200. The van der Waals surface area contributed by atoms with Gasteiger partial charge in [-0.05, 0) is 51.4 Å². The second-order valence-electron chi connectivity index (χ2n) is 5.06. The monoisotopic (exact) mass is 178 g/mol. The maximum atomic E-state index is 6.23. The van der Waals surface area contributed by atoms with E-state index in [1.807, 2.05) is 0 Å². The van der Waals surface area contributed by atoms with Crippen LogP contribution in [0.4, 0.5) is 0 Å². The Morgan fingerprint density at radius 1 is 1.38 bits per heavy atom. The molecule has 13 heavy (non-hydrogen) atoms. The number of hydrogen-bond donors (Lipinski definition) is 0. The van der Waals surface area contributed by atoms with Crippen molar-refractivity contribution < 1.29 is 4.74 Å². The average molecular weight is 178 g/mol. The lowest BCUT2D eigenvalue weighted by molar-refractivity contribution is -0.128. The Labute approximate surface area is 80.2 Å². The van der Waals surface area contributed by atoms with E-state index < -0.39 is 0 Å². The normalized spacial score (nSPS) is 48.5. The molecular weight excluding hydrogens is 160 g/mol. The van der Waals surface area contributed by atoms with Crippen LogP contribution in [0.1, 0.15) is 45.4 Å². The summed E-state index contributed by atoms with van der Waals surface area (Å²) >= 11 is 0. The first-order valence-corrected chi connectivity index (χ1v) is 5.65. The second kappa shape index (κ2) is 2.60. The van der Waals surface area contributed by atoms with Crippen molar-refractivity contribution in [3.05, 3.63) is 11.6 Å². The molecule has 72 valence electrons. The van der Waals surface area contributed by atoms with Crippen LogP contribution in [0.5, 0.6) is 0 Å². The van der Waals surface area contributed by atoms with Gasteiger partial charge in [0.05, 0.1) is 11.7 Å². The minimum atomic E-state index is 0.200. The summed E-state index contributed by atoms with van der Waals surface area (Å²) in [6.07, 6.45) is 11.0. The van der Waals surface area contributed by atoms with E-state index in [4.69, 9.17) is 4.74 Å². The topological polar surface area (TPSA) is 9.23 Å². The van der Waals surface area contributed by atoms with Crippen molar-refractivity contribution in [3.63, 3.8) is 0 Å². The molecule has 0 aromatic heterocycles. The van der Waals surface area contributed by atoms with E-state index in [9.17, 15) is 0 Å². The molecule has 1 aliphatic carbocycles. The molecule has 0 unspecified atom stereocenters. The molecule has 1 nitrogen and oxygen atoms in total. The maximum Gasteiger partial charge on any atom is 0.0896 e. The van der Waals surface area contributed by atoms with E-state index in [1.165, 1.54) is 38.5 Å². The average Bonchev–Trinajstić information content (AvgIpc) is 2.44. The molecule has 2 heterocycles. The first-order chi connectivity index (χ1) is 6.28. The SMILES string of the molecule is CC1=C[C@@]23CCC[C@@H]2CC[C@@H](C1)O3. The van der Waals surface area contributed by atoms with Crippen molar-refractivity contribution in [2.24, 2.45) is 5.92 Å². The summed E-state index contributed by atoms with van der Waals surface area (Å²) in [6.45, 7) is 2.28. The van der Waals surface area contributed by atoms with Crippen LogP contribution in [0, 0.1) is 5.92 Å². The van der Waals surface area contributed by atoms with Gasteiger partial charge >= 0.3 is 0 Å². The molecule has 1 heteroatoms. The molecule has 2 aliphatic heterocycles. The molecule has 2 bridgehead atoms. The zero-order valence-corrected chi connectivity index (χ0v) is 8.38. The number of fused-ring (bicyclic) bond motifs is 1. The molecule has 1 spiro atoms. The fraction of sp³-hybridized carbons (Fsp3) is 0.833. The van der Waals surface area contributed by atoms with Crippen molar-refractivity contribution in [1.82, 2.24) is 0 Å². The molecule has 0 amide bonds. The summed E-state index contributed by atoms with van der Waals surface area (Å²) in [6, 6.07) is 0. The Balaban J connectivity index is 2.00. The van der Waals surface area contributed by atoms with Crippen molar-refractivity contribution in [3.8, 4) is 0 Å². The molecule has 0 radical (unpaired) electrons. The van der Waals surface area contributed by atoms with Gasteiger partial charge in [-0.2, -0.15) is 0 Å². The summed E-state index contributed by atoms with van der Waals surface area (Å²) < 4.78 is 6.23. The van der Waals surface area contributed by atoms with Crippen LogP contribution >= 0.6 is 0 Å². The Hall–Kier alpha value is -0.300. The third-order valence-corrected chi connectivity index (χ3v) is 4.07. The van der Waals surface area contributed by atoms with Crippen molar-refractivity contribution >= 4 is 0 Å². The number of rotatable bonds is 0. The first kappa shape index (κ1) is 8.05. The van der Waals surface area contributed by atoms with Gasteiger partial charge in [0.25, 0.3) is 0 Å². The zero-order chi connectivity index (χ0) is 8.89. The fourth-order valence-corrected chi connectivity index (χ4v) is 3.58. The second-order valence-corrected chi connectivity index (χ2v) is 5.06. The Morgan fingerprint density at radius 2 is 2.31 bits per heavy atom. The van der Waals surface area contributed by atoms with E-state index in [0.717, 1.165) is 5.92 Å². The lowest BCUT2D eigenvalue weighted by atomic mass is 9.77. The van der Waals surface area contributed by atoms with Gasteiger partial charge in [-0.3, -0.25) is 0 Å². The van der Waals surface area contributed by atoms with Crippen LogP contribution in [0.2, 0.25) is 0 Å². The lowest BCUT2D eigenvalue weighted by Crippen LogP contribution is -2.45. The van der Waals surface area contributed by atoms with Gasteiger partial charge in [-0.1, -0.05) is 11.6 Å². The summed E-state index contributed by atoms with van der Waals surface area (Å²) in [7, 11) is 0. The molecule has 2 fully saturated rings. The van der Waals surface area contributed by atoms with Gasteiger partial charge in [-0.15, -0.1) is 0 Å². The molecule has 3 atom stereocenters. The van der Waals surface area contributed by atoms with Gasteiger partial charge in [0.2, 0.25) is 0 Å². The lowest BCUT2D eigenvalue weighted by Gasteiger charge is -2.45. The summed E-state index contributed by atoms with van der Waals surface area (Å²) in [4.78, 5) is 0. The van der Waals surface area contributed by atoms with E-state index in [-0.39, 0.29) is 5.60 Å². The highest BCUT2D eigenvalue weighted by Crippen LogP contribution is 2.50. The summed E-state index contributed by atoms with van der Waals surface area (Å²) in [5.74, 6) is 0.846. The quantitative estimate of drug-likeness (QED) is 0.518. The van der Waals surface area contributed by atoms with E-state index in [1.54, 1.807) is 5.57 Å². The minimum Gasteiger partial charge on any atom is -0.367 e. The molecule has 0 N–H and O–H groups in total. The van der Waals surface area contributed by atoms with Crippen molar-refractivity contribution in [2.75, 3.05) is 0 Å². The predicted octanol–water partition coefficient (Wildman–Crippen LogP) is 3.05. The summed E-state index contributed by atoms with van der Waals surface area (Å²) in [5.41, 5.74) is 1.77. The van der Waals surface area contributed by atoms with E-state index >= 15 is 0 Å². The maximum absolute atomic E-state index is 6.23. The molecule has 0 aromatic rings. The third kappa shape index (κ3) is 1.10. The van der Waals surface area contributed by atoms with Gasteiger partial charge in [-0.25, -0.2) is 0 Å². The first-order valence-electron chi connectivity index (χ1n) is 5.65. The standard InChI is InChI=1S/C12H18O/c1-9-7-11-5-4-10-3-2-6-12(10,8-9)13-11/h8,10-11H,2-7H2,1H3/t10-,11+,12+/m1/s1. The van der Waals surface area contributed by atoms with Crippen LogP contribution in [-0.4, -0.2) is 11.7 Å². The Morgan fingerprint density at radius 3 is 3.23 bits per heavy atom. The largest absolute Gasteiger partial charge is 0.367 e. The molecule has 1 saturated heterocycles. The zero-order valence-electron chi connectivity index (χ0n) is 8.38. The van der Waals surface area contributed by atoms with Crippen molar-refractivity contribution in [2.45, 2.75) is 57.2 Å². The van der Waals surface area contributed by atoms with Crippen LogP contribution in [-0.2, 0) is 4.74 Å². The highest BCUT2D eigenvalue weighted by atomic mass is 16.5. The predicted molar refractivity (Wildman–Crippen MR) is 52.6 cm³/mol. The van der Waals surface area contributed by atoms with Gasteiger partial charge in [0, 0.05) is 0 Å². The Bertz CT molecular complexity index is 256. The number of ether oxygens (including phenoxy) is 1. The third-order valence-electron chi connectivity index (χ3n) is 4.07. The van der Waals surface area contributed by atoms with Gasteiger partial charge in [0.1, 0.15) is 0 Å². The Kier molecular flexibility index (Phi) is 1.61.